The summed E-state index contributed by atoms with van der Waals surface area (Å²) in [6.07, 6.45) is 0. The van der Waals surface area contributed by atoms with Gasteiger partial charge in [0.05, 0.1) is 5.69 Å². The molecule has 0 aliphatic carbocycles. The Morgan fingerprint density at radius 1 is 1.21 bits per heavy atom. The van der Waals surface area contributed by atoms with E-state index in [4.69, 9.17) is 9.84 Å². The summed E-state index contributed by atoms with van der Waals surface area (Å²) < 4.78 is 5.55. The first-order valence-electron chi connectivity index (χ1n) is 5.82. The molecule has 5 heteroatoms. The molecule has 0 atom stereocenters. The average molecular weight is 258 g/mol. The third kappa shape index (κ3) is 3.51. The van der Waals surface area contributed by atoms with Crippen LogP contribution in [-0.2, 0) is 6.61 Å². The molecule has 1 heterocycles. The van der Waals surface area contributed by atoms with Gasteiger partial charge in [0.15, 0.2) is 5.69 Å². The first-order chi connectivity index (χ1) is 9.04. The van der Waals surface area contributed by atoms with E-state index in [9.17, 15) is 4.79 Å². The maximum Gasteiger partial charge on any atom is 0.354 e. The van der Waals surface area contributed by atoms with Crippen molar-refractivity contribution in [2.75, 3.05) is 0 Å². The second-order valence-corrected chi connectivity index (χ2v) is 4.20. The van der Waals surface area contributed by atoms with Gasteiger partial charge in [-0.2, -0.15) is 0 Å². The number of aromatic carboxylic acids is 1. The molecule has 2 aromatic rings. The Hall–Kier alpha value is -2.43. The third-order valence-corrected chi connectivity index (χ3v) is 2.52. The topological polar surface area (TPSA) is 72.3 Å². The molecule has 0 aliphatic rings. The van der Waals surface area contributed by atoms with E-state index in [0.29, 0.717) is 11.5 Å². The summed E-state index contributed by atoms with van der Waals surface area (Å²) in [6, 6.07) is 9.04. The van der Waals surface area contributed by atoms with Crippen LogP contribution in [0.25, 0.3) is 0 Å². The molecule has 2 rings (SSSR count). The Kier molecular flexibility index (Phi) is 3.75. The smallest absolute Gasteiger partial charge is 0.354 e. The lowest BCUT2D eigenvalue weighted by atomic mass is 10.2. The fourth-order valence-corrected chi connectivity index (χ4v) is 1.60. The van der Waals surface area contributed by atoms with Gasteiger partial charge in [0.2, 0.25) is 0 Å². The molecule has 0 unspecified atom stereocenters. The van der Waals surface area contributed by atoms with E-state index in [2.05, 4.69) is 9.97 Å². The summed E-state index contributed by atoms with van der Waals surface area (Å²) in [7, 11) is 0. The Morgan fingerprint density at radius 3 is 2.53 bits per heavy atom. The van der Waals surface area contributed by atoms with Gasteiger partial charge >= 0.3 is 5.97 Å². The van der Waals surface area contributed by atoms with Crippen molar-refractivity contribution in [3.63, 3.8) is 0 Å². The van der Waals surface area contributed by atoms with Crippen LogP contribution in [-0.4, -0.2) is 21.0 Å². The number of benzene rings is 1. The van der Waals surface area contributed by atoms with Crippen molar-refractivity contribution in [3.05, 3.63) is 53.1 Å². The van der Waals surface area contributed by atoms with Crippen LogP contribution in [0, 0.1) is 13.8 Å². The highest BCUT2D eigenvalue weighted by atomic mass is 16.5. The predicted octanol–water partition coefficient (Wildman–Crippen LogP) is 2.37. The monoisotopic (exact) mass is 258 g/mol. The van der Waals surface area contributed by atoms with E-state index in [1.807, 2.05) is 31.2 Å². The zero-order chi connectivity index (χ0) is 13.8. The Labute approximate surface area is 110 Å². The number of carbonyl (C=O) groups is 1. The van der Waals surface area contributed by atoms with Crippen LogP contribution < -0.4 is 4.74 Å². The molecule has 0 saturated carbocycles. The van der Waals surface area contributed by atoms with Crippen molar-refractivity contribution >= 4 is 5.97 Å². The first kappa shape index (κ1) is 13.0. The van der Waals surface area contributed by atoms with E-state index in [1.54, 1.807) is 6.92 Å². The lowest BCUT2D eigenvalue weighted by Crippen LogP contribution is -2.07. The van der Waals surface area contributed by atoms with Gasteiger partial charge in [0.25, 0.3) is 0 Å². The zero-order valence-electron chi connectivity index (χ0n) is 10.8. The second-order valence-electron chi connectivity index (χ2n) is 4.20. The van der Waals surface area contributed by atoms with Gasteiger partial charge in [0, 0.05) is 0 Å². The minimum Gasteiger partial charge on any atom is -0.487 e. The number of hydrogen-bond acceptors (Lipinski definition) is 4. The Morgan fingerprint density at radius 2 is 1.89 bits per heavy atom. The molecule has 0 aliphatic heterocycles. The third-order valence-electron chi connectivity index (χ3n) is 2.52. The highest BCUT2D eigenvalue weighted by molar-refractivity contribution is 5.85. The van der Waals surface area contributed by atoms with Crippen molar-refractivity contribution in [3.8, 4) is 5.75 Å². The van der Waals surface area contributed by atoms with Crippen molar-refractivity contribution < 1.29 is 14.6 Å². The number of hydrogen-bond donors (Lipinski definition) is 1. The summed E-state index contributed by atoms with van der Waals surface area (Å²) >= 11 is 0. The number of carboxylic acid groups (broad SMARTS) is 1. The van der Waals surface area contributed by atoms with Crippen LogP contribution in [0.5, 0.6) is 5.75 Å². The van der Waals surface area contributed by atoms with Crippen LogP contribution in [0.1, 0.15) is 27.6 Å². The molecule has 0 spiro atoms. The maximum atomic E-state index is 10.9. The molecule has 0 fully saturated rings. The molecule has 1 N–H and O–H groups in total. The first-order valence-corrected chi connectivity index (χ1v) is 5.82. The predicted molar refractivity (Wildman–Crippen MR) is 69.2 cm³/mol. The van der Waals surface area contributed by atoms with Crippen molar-refractivity contribution in [1.82, 2.24) is 9.97 Å². The van der Waals surface area contributed by atoms with Gasteiger partial charge in [-0.15, -0.1) is 0 Å². The minimum atomic E-state index is -1.07. The Bertz CT molecular complexity index is 594. The normalized spacial score (nSPS) is 10.2. The van der Waals surface area contributed by atoms with Crippen molar-refractivity contribution in [2.24, 2.45) is 0 Å². The fourth-order valence-electron chi connectivity index (χ4n) is 1.60. The summed E-state index contributed by atoms with van der Waals surface area (Å²) in [6.45, 7) is 3.87. The molecule has 0 radical (unpaired) electrons. The molecule has 1 aromatic heterocycles. The molecule has 0 bridgehead atoms. The fraction of sp³-hybridized carbons (Fsp3) is 0.214. The summed E-state index contributed by atoms with van der Waals surface area (Å²) in [5.74, 6) is 0.0724. The zero-order valence-corrected chi connectivity index (χ0v) is 10.8. The SMILES string of the molecule is Cc1ccc(OCc2cc(C(=O)O)nc(C)n2)cc1. The van der Waals surface area contributed by atoms with Gasteiger partial charge < -0.3 is 9.84 Å². The lowest BCUT2D eigenvalue weighted by Gasteiger charge is -2.07. The number of nitrogens with zero attached hydrogens (tertiary/aromatic N) is 2. The minimum absolute atomic E-state index is 0.0185. The van der Waals surface area contributed by atoms with Crippen LogP contribution in [0.15, 0.2) is 30.3 Å². The average Bonchev–Trinajstić information content (AvgIpc) is 2.37. The molecular formula is C14H14N2O3. The second kappa shape index (κ2) is 5.48. The number of aryl methyl sites for hydroxylation is 2. The van der Waals surface area contributed by atoms with E-state index in [-0.39, 0.29) is 12.3 Å². The molecule has 0 saturated heterocycles. The van der Waals surface area contributed by atoms with Gasteiger partial charge in [-0.05, 0) is 32.0 Å². The highest BCUT2D eigenvalue weighted by Crippen LogP contribution is 2.13. The number of aromatic nitrogens is 2. The molecule has 19 heavy (non-hydrogen) atoms. The van der Waals surface area contributed by atoms with Crippen LogP contribution >= 0.6 is 0 Å². The van der Waals surface area contributed by atoms with Crippen molar-refractivity contribution in [2.45, 2.75) is 20.5 Å². The van der Waals surface area contributed by atoms with Gasteiger partial charge in [-0.25, -0.2) is 14.8 Å². The van der Waals surface area contributed by atoms with E-state index in [1.165, 1.54) is 6.07 Å². The number of ether oxygens (including phenoxy) is 1. The number of rotatable bonds is 4. The van der Waals surface area contributed by atoms with Crippen molar-refractivity contribution in [1.29, 1.82) is 0 Å². The van der Waals surface area contributed by atoms with Gasteiger partial charge in [-0.3, -0.25) is 0 Å². The van der Waals surface area contributed by atoms with E-state index in [0.717, 1.165) is 11.3 Å². The molecular weight excluding hydrogens is 244 g/mol. The van der Waals surface area contributed by atoms with Crippen LogP contribution in [0.3, 0.4) is 0 Å². The molecule has 5 nitrogen and oxygen atoms in total. The lowest BCUT2D eigenvalue weighted by molar-refractivity contribution is 0.0689. The van der Waals surface area contributed by atoms with E-state index >= 15 is 0 Å². The van der Waals surface area contributed by atoms with Gasteiger partial charge in [0.1, 0.15) is 18.2 Å². The number of carboxylic acids is 1. The maximum absolute atomic E-state index is 10.9. The van der Waals surface area contributed by atoms with Gasteiger partial charge in [-0.1, -0.05) is 17.7 Å². The highest BCUT2D eigenvalue weighted by Gasteiger charge is 2.08. The summed E-state index contributed by atoms with van der Waals surface area (Å²) in [5, 5.41) is 8.92. The summed E-state index contributed by atoms with van der Waals surface area (Å²) in [4.78, 5) is 18.9. The molecule has 0 amide bonds. The van der Waals surface area contributed by atoms with E-state index < -0.39 is 5.97 Å². The Balaban J connectivity index is 2.11. The van der Waals surface area contributed by atoms with Crippen LogP contribution in [0.2, 0.25) is 0 Å². The molecule has 98 valence electrons. The molecule has 1 aromatic carbocycles. The largest absolute Gasteiger partial charge is 0.487 e. The quantitative estimate of drug-likeness (QED) is 0.911. The van der Waals surface area contributed by atoms with Crippen LogP contribution in [0.4, 0.5) is 0 Å². The standard InChI is InChI=1S/C14H14N2O3/c1-9-3-5-12(6-4-9)19-8-11-7-13(14(17)18)16-10(2)15-11/h3-7H,8H2,1-2H3,(H,17,18). The summed E-state index contributed by atoms with van der Waals surface area (Å²) in [5.41, 5.74) is 1.68.